The fourth-order valence-electron chi connectivity index (χ4n) is 3.86. The van der Waals surface area contributed by atoms with Crippen LogP contribution in [0, 0.1) is 0 Å². The molecule has 0 saturated carbocycles. The lowest BCUT2D eigenvalue weighted by Gasteiger charge is -2.27. The van der Waals surface area contributed by atoms with E-state index in [4.69, 9.17) is 15.3 Å². The van der Waals surface area contributed by atoms with Crippen molar-refractivity contribution in [3.63, 3.8) is 0 Å². The number of carboxylic acids is 3. The van der Waals surface area contributed by atoms with Gasteiger partial charge in [0.25, 0.3) is 0 Å². The molecule has 0 saturated heterocycles. The molecule has 0 fully saturated rings. The number of hydrogen-bond donors (Lipinski definition) is 4. The lowest BCUT2D eigenvalue weighted by atomic mass is 10.1. The second kappa shape index (κ2) is 11.2. The van der Waals surface area contributed by atoms with Crippen LogP contribution in [0.2, 0.25) is 0 Å². The van der Waals surface area contributed by atoms with E-state index in [1.807, 2.05) is 24.3 Å². The van der Waals surface area contributed by atoms with Gasteiger partial charge in [0.2, 0.25) is 5.91 Å². The van der Waals surface area contributed by atoms with Gasteiger partial charge >= 0.3 is 17.9 Å². The Morgan fingerprint density at radius 2 is 1.78 bits per heavy atom. The first kappa shape index (κ1) is 25.9. The Labute approximate surface area is 207 Å². The first-order valence-electron chi connectivity index (χ1n) is 10.9. The molecule has 0 aliphatic carbocycles. The molecule has 0 radical (unpaired) electrons. The van der Waals surface area contributed by atoms with E-state index < -0.39 is 23.9 Å². The standard InChI is InChI=1S/C14H16N2O5.C11H10N2O2/c1-15-7-9-4-3-8(14(20)21)5-10(9)16(2)11(13(15)19)6-12(17)18;14-11(15)5-9-7-12-6-8-3-1-2-4-10(8)13-9/h3-5,11H,6-7H2,1-2H3,(H,17,18)(H,20,21);1-4,6-7,13H,5H2,(H,14,15)/t11-;/m1./s1. The number of carboxylic acid groups (broad SMARTS) is 3. The number of benzene rings is 2. The highest BCUT2D eigenvalue weighted by Crippen LogP contribution is 2.29. The Kier molecular flexibility index (Phi) is 8.05. The van der Waals surface area contributed by atoms with E-state index in [0.29, 0.717) is 17.9 Å². The van der Waals surface area contributed by atoms with Gasteiger partial charge in [0.15, 0.2) is 0 Å². The van der Waals surface area contributed by atoms with Crippen molar-refractivity contribution in [3.05, 3.63) is 71.1 Å². The van der Waals surface area contributed by atoms with E-state index in [-0.39, 0.29) is 24.3 Å². The van der Waals surface area contributed by atoms with Gasteiger partial charge in [-0.1, -0.05) is 24.3 Å². The Hall–Kier alpha value is -4.67. The highest BCUT2D eigenvalue weighted by Gasteiger charge is 2.33. The smallest absolute Gasteiger partial charge is 0.335 e. The minimum absolute atomic E-state index is 0.0499. The molecular formula is C25H26N4O7. The van der Waals surface area contributed by atoms with Gasteiger partial charge in [-0.15, -0.1) is 0 Å². The number of rotatable bonds is 5. The lowest BCUT2D eigenvalue weighted by molar-refractivity contribution is -0.141. The van der Waals surface area contributed by atoms with Crippen molar-refractivity contribution in [2.24, 2.45) is 4.99 Å². The molecular weight excluding hydrogens is 468 g/mol. The van der Waals surface area contributed by atoms with Crippen LogP contribution in [0.3, 0.4) is 0 Å². The van der Waals surface area contributed by atoms with E-state index in [1.54, 1.807) is 31.3 Å². The van der Waals surface area contributed by atoms with Crippen LogP contribution in [0.4, 0.5) is 11.4 Å². The summed E-state index contributed by atoms with van der Waals surface area (Å²) < 4.78 is 0. The van der Waals surface area contributed by atoms with Crippen LogP contribution in [0.1, 0.15) is 34.3 Å². The van der Waals surface area contributed by atoms with Gasteiger partial charge in [-0.2, -0.15) is 0 Å². The van der Waals surface area contributed by atoms with Gasteiger partial charge in [-0.05, 0) is 23.8 Å². The molecule has 11 nitrogen and oxygen atoms in total. The second-order valence-electron chi connectivity index (χ2n) is 8.28. The van der Waals surface area contributed by atoms with Crippen LogP contribution in [-0.4, -0.2) is 70.4 Å². The maximum absolute atomic E-state index is 12.3. The van der Waals surface area contributed by atoms with Crippen LogP contribution >= 0.6 is 0 Å². The summed E-state index contributed by atoms with van der Waals surface area (Å²) in [6, 6.07) is 11.4. The summed E-state index contributed by atoms with van der Waals surface area (Å²) in [6.07, 6.45) is 2.85. The molecule has 1 amide bonds. The number of carbonyl (C=O) groups excluding carboxylic acids is 1. The summed E-state index contributed by atoms with van der Waals surface area (Å²) in [6.45, 7) is 0.314. The maximum Gasteiger partial charge on any atom is 0.335 e. The molecule has 2 aromatic carbocycles. The van der Waals surface area contributed by atoms with Crippen LogP contribution < -0.4 is 10.2 Å². The number of likely N-dealkylation sites (N-methyl/N-ethyl adjacent to an activating group) is 2. The normalized spacial score (nSPS) is 16.2. The third-order valence-electron chi connectivity index (χ3n) is 5.66. The third kappa shape index (κ3) is 6.26. The van der Waals surface area contributed by atoms with Gasteiger partial charge in [0, 0.05) is 55.7 Å². The molecule has 0 spiro atoms. The summed E-state index contributed by atoms with van der Waals surface area (Å²) in [5, 5.41) is 29.8. The predicted octanol–water partition coefficient (Wildman–Crippen LogP) is 2.48. The van der Waals surface area contributed by atoms with Crippen molar-refractivity contribution in [1.29, 1.82) is 0 Å². The summed E-state index contributed by atoms with van der Waals surface area (Å²) in [5.74, 6) is -3.31. The fraction of sp³-hybridized carbons (Fsp3) is 0.240. The van der Waals surface area contributed by atoms with Crippen LogP contribution in [0.5, 0.6) is 0 Å². The molecule has 36 heavy (non-hydrogen) atoms. The molecule has 2 aliphatic heterocycles. The number of fused-ring (bicyclic) bond motifs is 2. The van der Waals surface area contributed by atoms with E-state index >= 15 is 0 Å². The SMILES string of the molecule is CN1Cc2ccc(C(=O)O)cc2N(C)[C@H](CC(=O)O)C1=O.O=C(O)CC1=CN=Cc2ccccc2N1. The molecule has 0 bridgehead atoms. The summed E-state index contributed by atoms with van der Waals surface area (Å²) in [7, 11) is 3.21. The van der Waals surface area contributed by atoms with Gasteiger partial charge in [0.1, 0.15) is 6.04 Å². The quantitative estimate of drug-likeness (QED) is 0.490. The van der Waals surface area contributed by atoms with Crippen LogP contribution in [0.15, 0.2) is 59.4 Å². The summed E-state index contributed by atoms with van der Waals surface area (Å²) in [5.41, 5.74) is 3.88. The molecule has 188 valence electrons. The zero-order chi connectivity index (χ0) is 26.4. The molecule has 0 unspecified atom stereocenters. The van der Waals surface area contributed by atoms with Gasteiger partial charge < -0.3 is 30.4 Å². The minimum atomic E-state index is -1.08. The third-order valence-corrected chi connectivity index (χ3v) is 5.66. The topological polar surface area (TPSA) is 160 Å². The summed E-state index contributed by atoms with van der Waals surface area (Å²) in [4.78, 5) is 51.9. The Morgan fingerprint density at radius 1 is 1.06 bits per heavy atom. The number of para-hydroxylation sites is 1. The molecule has 1 atom stereocenters. The Balaban J connectivity index is 0.000000212. The number of hydrogen-bond acceptors (Lipinski definition) is 7. The Morgan fingerprint density at radius 3 is 2.44 bits per heavy atom. The molecule has 11 heteroatoms. The number of aliphatic imine (C=N–C) groups is 1. The molecule has 2 aliphatic rings. The number of anilines is 2. The number of nitrogens with zero attached hydrogens (tertiary/aromatic N) is 3. The van der Waals surface area contributed by atoms with Crippen molar-refractivity contribution in [2.75, 3.05) is 24.3 Å². The van der Waals surface area contributed by atoms with E-state index in [2.05, 4.69) is 10.3 Å². The maximum atomic E-state index is 12.3. The predicted molar refractivity (Wildman–Crippen MR) is 132 cm³/mol. The highest BCUT2D eigenvalue weighted by atomic mass is 16.4. The fourth-order valence-corrected chi connectivity index (χ4v) is 3.86. The molecule has 2 aromatic rings. The van der Waals surface area contributed by atoms with Gasteiger partial charge in [0.05, 0.1) is 18.4 Å². The van der Waals surface area contributed by atoms with Crippen LogP contribution in [-0.2, 0) is 20.9 Å². The Bertz CT molecular complexity index is 1250. The van der Waals surface area contributed by atoms with E-state index in [1.165, 1.54) is 23.2 Å². The molecule has 0 aromatic heterocycles. The van der Waals surface area contributed by atoms with Crippen molar-refractivity contribution in [1.82, 2.24) is 4.90 Å². The van der Waals surface area contributed by atoms with Crippen molar-refractivity contribution in [3.8, 4) is 0 Å². The van der Waals surface area contributed by atoms with Crippen molar-refractivity contribution in [2.45, 2.75) is 25.4 Å². The summed E-state index contributed by atoms with van der Waals surface area (Å²) >= 11 is 0. The number of aliphatic carboxylic acids is 2. The van der Waals surface area contributed by atoms with Gasteiger partial charge in [-0.25, -0.2) is 4.79 Å². The number of carbonyl (C=O) groups is 4. The first-order valence-corrected chi connectivity index (χ1v) is 10.9. The van der Waals surface area contributed by atoms with E-state index in [9.17, 15) is 19.2 Å². The van der Waals surface area contributed by atoms with Crippen molar-refractivity contribution >= 4 is 41.4 Å². The molecule has 2 heterocycles. The zero-order valence-corrected chi connectivity index (χ0v) is 19.7. The average molecular weight is 495 g/mol. The monoisotopic (exact) mass is 494 g/mol. The van der Waals surface area contributed by atoms with Crippen molar-refractivity contribution < 1.29 is 34.5 Å². The molecule has 4 rings (SSSR count). The lowest BCUT2D eigenvalue weighted by Crippen LogP contribution is -2.44. The zero-order valence-electron chi connectivity index (χ0n) is 19.7. The number of aromatic carboxylic acids is 1. The van der Waals surface area contributed by atoms with Gasteiger partial charge in [-0.3, -0.25) is 19.4 Å². The minimum Gasteiger partial charge on any atom is -0.481 e. The molecule has 4 N–H and O–H groups in total. The second-order valence-corrected chi connectivity index (χ2v) is 8.28. The average Bonchev–Trinajstić information content (AvgIpc) is 3.07. The van der Waals surface area contributed by atoms with E-state index in [0.717, 1.165) is 16.8 Å². The highest BCUT2D eigenvalue weighted by molar-refractivity contribution is 5.93. The van der Waals surface area contributed by atoms with Crippen LogP contribution in [0.25, 0.3) is 0 Å². The largest absolute Gasteiger partial charge is 0.481 e. The number of nitrogens with one attached hydrogen (secondary N) is 1. The number of amides is 1. The first-order chi connectivity index (χ1) is 17.1.